The van der Waals surface area contributed by atoms with E-state index in [2.05, 4.69) is 13.2 Å². The average Bonchev–Trinajstić information content (AvgIpc) is 2.82. The highest BCUT2D eigenvalue weighted by Crippen LogP contribution is 2.29. The summed E-state index contributed by atoms with van der Waals surface area (Å²) in [6, 6.07) is 0. The Morgan fingerprint density at radius 1 is 1.30 bits per heavy atom. The van der Waals surface area contributed by atoms with Gasteiger partial charge in [0, 0.05) is 6.42 Å². The van der Waals surface area contributed by atoms with E-state index in [4.69, 9.17) is 0 Å². The Morgan fingerprint density at radius 2 is 1.85 bits per heavy atom. The Hall–Kier alpha value is -1.41. The predicted octanol–water partition coefficient (Wildman–Crippen LogP) is 4.77. The third kappa shape index (κ3) is 7.25. The molecule has 1 aliphatic rings. The average molecular weight is 278 g/mol. The van der Waals surface area contributed by atoms with Gasteiger partial charge in [-0.3, -0.25) is 4.79 Å². The fourth-order valence-electron chi connectivity index (χ4n) is 1.88. The highest BCUT2D eigenvalue weighted by atomic mass is 16.3. The van der Waals surface area contributed by atoms with Crippen molar-refractivity contribution in [1.82, 2.24) is 0 Å². The Balaban J connectivity index is 0. The molecule has 0 aromatic carbocycles. The van der Waals surface area contributed by atoms with Crippen LogP contribution in [0.15, 0.2) is 48.1 Å². The highest BCUT2D eigenvalue weighted by molar-refractivity contribution is 5.79. The van der Waals surface area contributed by atoms with Gasteiger partial charge in [0.15, 0.2) is 0 Å². The summed E-state index contributed by atoms with van der Waals surface area (Å²) in [6.45, 7) is 17.0. The maximum atomic E-state index is 11.0. The number of carbonyl (C=O) groups excluding carboxylic acids is 1. The van der Waals surface area contributed by atoms with E-state index in [9.17, 15) is 9.90 Å². The highest BCUT2D eigenvalue weighted by Gasteiger charge is 2.20. The van der Waals surface area contributed by atoms with E-state index in [0.717, 1.165) is 29.6 Å². The van der Waals surface area contributed by atoms with Crippen LogP contribution >= 0.6 is 0 Å². The van der Waals surface area contributed by atoms with Gasteiger partial charge in [-0.05, 0) is 36.5 Å². The van der Waals surface area contributed by atoms with Crippen molar-refractivity contribution in [1.29, 1.82) is 0 Å². The van der Waals surface area contributed by atoms with E-state index in [0.29, 0.717) is 6.42 Å². The van der Waals surface area contributed by atoms with Gasteiger partial charge in [-0.1, -0.05) is 59.1 Å². The van der Waals surface area contributed by atoms with Gasteiger partial charge in [0.1, 0.15) is 5.78 Å². The van der Waals surface area contributed by atoms with Gasteiger partial charge in [-0.2, -0.15) is 0 Å². The number of ketones is 1. The largest absolute Gasteiger partial charge is 0.388 e. The van der Waals surface area contributed by atoms with E-state index in [1.165, 1.54) is 0 Å². The molecule has 1 atom stereocenters. The first kappa shape index (κ1) is 20.9. The van der Waals surface area contributed by atoms with Crippen molar-refractivity contribution in [2.75, 3.05) is 0 Å². The Bertz CT molecular complexity index is 373. The molecule has 114 valence electrons. The molecular formula is C18H30O2. The smallest absolute Gasteiger partial charge is 0.134 e. The molecule has 0 spiro atoms. The van der Waals surface area contributed by atoms with E-state index in [1.54, 1.807) is 19.1 Å². The molecule has 2 nitrogen and oxygen atoms in total. The molecule has 0 aliphatic heterocycles. The number of aliphatic hydroxyl groups is 1. The van der Waals surface area contributed by atoms with Crippen LogP contribution in [0.1, 0.15) is 53.9 Å². The molecule has 20 heavy (non-hydrogen) atoms. The molecule has 0 aromatic heterocycles. The monoisotopic (exact) mass is 278 g/mol. The second kappa shape index (κ2) is 12.6. The number of hydrogen-bond acceptors (Lipinski definition) is 2. The number of rotatable bonds is 5. The summed E-state index contributed by atoms with van der Waals surface area (Å²) < 4.78 is 0. The number of Topliss-reactive ketones (excluding diaryl/α,β-unsaturated/α-hetero) is 1. The summed E-state index contributed by atoms with van der Waals surface area (Å²) in [5.41, 5.74) is 2.80. The normalized spacial score (nSPS) is 17.5. The molecule has 0 fully saturated rings. The summed E-state index contributed by atoms with van der Waals surface area (Å²) in [6.07, 6.45) is 6.82. The third-order valence-corrected chi connectivity index (χ3v) is 2.72. The summed E-state index contributed by atoms with van der Waals surface area (Å²) in [4.78, 5) is 11.0. The molecule has 0 aromatic rings. The zero-order valence-corrected chi connectivity index (χ0v) is 13.7. The molecule has 0 saturated heterocycles. The van der Waals surface area contributed by atoms with Gasteiger partial charge in [0.05, 0.1) is 6.10 Å². The van der Waals surface area contributed by atoms with Crippen LogP contribution in [0.3, 0.4) is 0 Å². The summed E-state index contributed by atoms with van der Waals surface area (Å²) in [5.74, 6) is 0.0967. The van der Waals surface area contributed by atoms with Crippen LogP contribution in [-0.2, 0) is 4.79 Å². The molecule has 0 saturated carbocycles. The second-order valence-corrected chi connectivity index (χ2v) is 4.04. The maximum Gasteiger partial charge on any atom is 0.134 e. The van der Waals surface area contributed by atoms with Crippen LogP contribution in [0.5, 0.6) is 0 Å². The molecule has 1 rings (SSSR count). The zero-order chi connectivity index (χ0) is 16.1. The Morgan fingerprint density at radius 3 is 2.25 bits per heavy atom. The Labute approximate surface area is 124 Å². The van der Waals surface area contributed by atoms with Crippen molar-refractivity contribution < 1.29 is 9.90 Å². The second-order valence-electron chi connectivity index (χ2n) is 4.04. The molecule has 1 unspecified atom stereocenters. The lowest BCUT2D eigenvalue weighted by Crippen LogP contribution is -2.04. The predicted molar refractivity (Wildman–Crippen MR) is 88.7 cm³/mol. The van der Waals surface area contributed by atoms with Crippen molar-refractivity contribution in [2.24, 2.45) is 0 Å². The van der Waals surface area contributed by atoms with Crippen molar-refractivity contribution in [3.05, 3.63) is 48.1 Å². The minimum Gasteiger partial charge on any atom is -0.388 e. The van der Waals surface area contributed by atoms with Crippen molar-refractivity contribution in [3.8, 4) is 0 Å². The zero-order valence-electron chi connectivity index (χ0n) is 13.7. The minimum absolute atomic E-state index is 0.0967. The van der Waals surface area contributed by atoms with Gasteiger partial charge < -0.3 is 5.11 Å². The van der Waals surface area contributed by atoms with Crippen LogP contribution in [0.2, 0.25) is 0 Å². The standard InChI is InChI=1S/C14H18O2.2C2H6/c1-4-11(8-10(3)15)9-13-12(5-2)6-7-14(13)16;2*1-2/h4-5,9,14,16H,1-2,6-8H2,3H3;2*1-2H3/b11-9+;;. The lowest BCUT2D eigenvalue weighted by molar-refractivity contribution is -0.116. The van der Waals surface area contributed by atoms with E-state index in [1.807, 2.05) is 33.8 Å². The number of carbonyl (C=O) groups is 1. The Kier molecular flexibility index (Phi) is 13.2. The molecule has 0 amide bonds. The van der Waals surface area contributed by atoms with Crippen molar-refractivity contribution in [3.63, 3.8) is 0 Å². The first-order valence-electron chi connectivity index (χ1n) is 7.44. The third-order valence-electron chi connectivity index (χ3n) is 2.72. The van der Waals surface area contributed by atoms with E-state index >= 15 is 0 Å². The lowest BCUT2D eigenvalue weighted by Gasteiger charge is -2.06. The van der Waals surface area contributed by atoms with Gasteiger partial charge >= 0.3 is 0 Å². The minimum atomic E-state index is -0.435. The van der Waals surface area contributed by atoms with Crippen molar-refractivity contribution >= 4 is 5.78 Å². The molecule has 2 heteroatoms. The molecular weight excluding hydrogens is 248 g/mol. The van der Waals surface area contributed by atoms with Gasteiger partial charge in [-0.25, -0.2) is 0 Å². The molecule has 0 bridgehead atoms. The quantitative estimate of drug-likeness (QED) is 0.736. The van der Waals surface area contributed by atoms with Crippen LogP contribution in [0.25, 0.3) is 0 Å². The molecule has 1 aliphatic carbocycles. The topological polar surface area (TPSA) is 37.3 Å². The van der Waals surface area contributed by atoms with Gasteiger partial charge in [-0.15, -0.1) is 0 Å². The first-order valence-corrected chi connectivity index (χ1v) is 7.44. The van der Waals surface area contributed by atoms with Crippen LogP contribution < -0.4 is 0 Å². The number of aliphatic hydroxyl groups excluding tert-OH is 1. The van der Waals surface area contributed by atoms with Crippen molar-refractivity contribution in [2.45, 2.75) is 60.0 Å². The summed E-state index contributed by atoms with van der Waals surface area (Å²) in [5, 5.41) is 9.80. The summed E-state index contributed by atoms with van der Waals surface area (Å²) >= 11 is 0. The van der Waals surface area contributed by atoms with Crippen LogP contribution in [0.4, 0.5) is 0 Å². The number of hydrogen-bond donors (Lipinski definition) is 1. The maximum absolute atomic E-state index is 11.0. The van der Waals surface area contributed by atoms with Gasteiger partial charge in [0.25, 0.3) is 0 Å². The lowest BCUT2D eigenvalue weighted by atomic mass is 10.0. The first-order chi connectivity index (χ1) is 9.58. The molecule has 1 N–H and O–H groups in total. The van der Waals surface area contributed by atoms with E-state index in [-0.39, 0.29) is 5.78 Å². The fourth-order valence-corrected chi connectivity index (χ4v) is 1.88. The molecule has 0 radical (unpaired) electrons. The fraction of sp³-hybridized carbons (Fsp3) is 0.500. The van der Waals surface area contributed by atoms with E-state index < -0.39 is 6.10 Å². The van der Waals surface area contributed by atoms with Crippen LogP contribution in [-0.4, -0.2) is 17.0 Å². The summed E-state index contributed by atoms with van der Waals surface area (Å²) in [7, 11) is 0. The van der Waals surface area contributed by atoms with Crippen LogP contribution in [0, 0.1) is 0 Å². The SMILES string of the molecule is C=CC1=C(/C=C(\C=C)CC(C)=O)C(O)CC1.CC.CC. The number of allylic oxidation sites excluding steroid dienone is 4. The van der Waals surface area contributed by atoms with Gasteiger partial charge in [0.2, 0.25) is 0 Å². The molecule has 0 heterocycles.